The summed E-state index contributed by atoms with van der Waals surface area (Å²) in [6, 6.07) is 0.350. The van der Waals surface area contributed by atoms with E-state index in [0.717, 1.165) is 32.2 Å². The van der Waals surface area contributed by atoms with Gasteiger partial charge < -0.3 is 4.74 Å². The number of nitrogens with zero attached hydrogens (tertiary/aromatic N) is 1. The van der Waals surface area contributed by atoms with Gasteiger partial charge in [0.2, 0.25) is 0 Å². The lowest BCUT2D eigenvalue weighted by molar-refractivity contribution is -0.146. The fourth-order valence-electron chi connectivity index (χ4n) is 2.35. The van der Waals surface area contributed by atoms with Crippen LogP contribution in [0, 0.1) is 0 Å². The maximum Gasteiger partial charge on any atom is 0.323 e. The number of ether oxygens (including phenoxy) is 1. The van der Waals surface area contributed by atoms with Gasteiger partial charge in [0.1, 0.15) is 6.04 Å². The summed E-state index contributed by atoms with van der Waals surface area (Å²) in [4.78, 5) is 13.9. The van der Waals surface area contributed by atoms with Crippen LogP contribution in [0.5, 0.6) is 0 Å². The van der Waals surface area contributed by atoms with Gasteiger partial charge in [0.25, 0.3) is 0 Å². The lowest BCUT2D eigenvalue weighted by Gasteiger charge is -2.28. The number of esters is 1. The molecule has 16 heavy (non-hydrogen) atoms. The molecular formula is C13H23NO2. The molecule has 0 aromatic carbocycles. The van der Waals surface area contributed by atoms with Crippen molar-refractivity contribution in [2.24, 2.45) is 0 Å². The number of hydrogen-bond acceptors (Lipinski definition) is 3. The molecule has 0 radical (unpaired) electrons. The van der Waals surface area contributed by atoms with E-state index in [1.165, 1.54) is 7.11 Å². The molecule has 1 rings (SSSR count). The number of rotatable bonds is 5. The largest absolute Gasteiger partial charge is 0.468 e. The molecule has 0 aliphatic carbocycles. The Balaban J connectivity index is 2.68. The Morgan fingerprint density at radius 1 is 1.56 bits per heavy atom. The number of allylic oxidation sites excluding steroid dienone is 1. The van der Waals surface area contributed by atoms with E-state index in [9.17, 15) is 4.79 Å². The standard InChI is InChI=1S/C13H23NO2/c1-4-6-8-11(5-2)14-10-7-9-12(14)13(15)16-3/h6,8,11-12H,4-5,7,9-10H2,1-3H3/b8-6+/t11-,12-/m0/s1. The van der Waals surface area contributed by atoms with Gasteiger partial charge in [-0.1, -0.05) is 26.0 Å². The van der Waals surface area contributed by atoms with Gasteiger partial charge in [0, 0.05) is 6.04 Å². The third kappa shape index (κ3) is 3.08. The van der Waals surface area contributed by atoms with Gasteiger partial charge in [-0.25, -0.2) is 0 Å². The highest BCUT2D eigenvalue weighted by molar-refractivity contribution is 5.76. The summed E-state index contributed by atoms with van der Waals surface area (Å²) in [5, 5.41) is 0. The Morgan fingerprint density at radius 2 is 2.31 bits per heavy atom. The van der Waals surface area contributed by atoms with Crippen LogP contribution in [0.15, 0.2) is 12.2 Å². The van der Waals surface area contributed by atoms with Crippen molar-refractivity contribution in [3.63, 3.8) is 0 Å². The minimum absolute atomic E-state index is 0.0311. The van der Waals surface area contributed by atoms with Crippen molar-refractivity contribution in [1.82, 2.24) is 4.90 Å². The second-order valence-electron chi connectivity index (χ2n) is 4.23. The highest BCUT2D eigenvalue weighted by Crippen LogP contribution is 2.23. The van der Waals surface area contributed by atoms with E-state index in [1.54, 1.807) is 0 Å². The lowest BCUT2D eigenvalue weighted by Crippen LogP contribution is -2.42. The fourth-order valence-corrected chi connectivity index (χ4v) is 2.35. The topological polar surface area (TPSA) is 29.5 Å². The van der Waals surface area contributed by atoms with Crippen LogP contribution in [0.25, 0.3) is 0 Å². The Morgan fingerprint density at radius 3 is 2.88 bits per heavy atom. The molecule has 0 bridgehead atoms. The molecule has 0 amide bonds. The maximum absolute atomic E-state index is 11.6. The predicted octanol–water partition coefficient (Wildman–Crippen LogP) is 2.37. The third-order valence-corrected chi connectivity index (χ3v) is 3.21. The molecule has 0 aromatic rings. The Hall–Kier alpha value is -0.830. The zero-order valence-electron chi connectivity index (χ0n) is 10.6. The van der Waals surface area contributed by atoms with Crippen LogP contribution in [-0.4, -0.2) is 36.6 Å². The second-order valence-corrected chi connectivity index (χ2v) is 4.23. The van der Waals surface area contributed by atoms with E-state index in [1.807, 2.05) is 0 Å². The van der Waals surface area contributed by atoms with E-state index in [0.29, 0.717) is 6.04 Å². The van der Waals surface area contributed by atoms with E-state index < -0.39 is 0 Å². The molecule has 0 aromatic heterocycles. The van der Waals surface area contributed by atoms with Crippen LogP contribution in [-0.2, 0) is 9.53 Å². The normalized spacial score (nSPS) is 23.8. The smallest absolute Gasteiger partial charge is 0.323 e. The second kappa shape index (κ2) is 6.69. The predicted molar refractivity (Wildman–Crippen MR) is 65.3 cm³/mol. The molecule has 0 N–H and O–H groups in total. The molecule has 1 saturated heterocycles. The third-order valence-electron chi connectivity index (χ3n) is 3.21. The average Bonchev–Trinajstić information content (AvgIpc) is 2.78. The number of methoxy groups -OCH3 is 1. The minimum atomic E-state index is -0.0825. The van der Waals surface area contributed by atoms with Crippen molar-refractivity contribution in [3.05, 3.63) is 12.2 Å². The van der Waals surface area contributed by atoms with Crippen molar-refractivity contribution in [3.8, 4) is 0 Å². The molecule has 2 atom stereocenters. The maximum atomic E-state index is 11.6. The minimum Gasteiger partial charge on any atom is -0.468 e. The first-order valence-electron chi connectivity index (χ1n) is 6.24. The molecule has 1 fully saturated rings. The first kappa shape index (κ1) is 13.2. The molecular weight excluding hydrogens is 202 g/mol. The lowest BCUT2D eigenvalue weighted by atomic mass is 10.1. The average molecular weight is 225 g/mol. The summed E-state index contributed by atoms with van der Waals surface area (Å²) in [5.74, 6) is -0.0825. The van der Waals surface area contributed by atoms with Crippen LogP contribution in [0.4, 0.5) is 0 Å². The van der Waals surface area contributed by atoms with Gasteiger partial charge in [0.15, 0.2) is 0 Å². The highest BCUT2D eigenvalue weighted by Gasteiger charge is 2.34. The molecule has 3 heteroatoms. The summed E-state index contributed by atoms with van der Waals surface area (Å²) in [7, 11) is 1.47. The first-order chi connectivity index (χ1) is 7.74. The van der Waals surface area contributed by atoms with Gasteiger partial charge in [-0.2, -0.15) is 0 Å². The number of carbonyl (C=O) groups excluding carboxylic acids is 1. The van der Waals surface area contributed by atoms with Gasteiger partial charge in [-0.05, 0) is 32.2 Å². The van der Waals surface area contributed by atoms with Crippen LogP contribution >= 0.6 is 0 Å². The zero-order chi connectivity index (χ0) is 12.0. The van der Waals surface area contributed by atoms with Gasteiger partial charge in [-0.3, -0.25) is 9.69 Å². The highest BCUT2D eigenvalue weighted by atomic mass is 16.5. The van der Waals surface area contributed by atoms with Crippen LogP contribution in [0.1, 0.15) is 39.5 Å². The Labute approximate surface area is 98.5 Å². The van der Waals surface area contributed by atoms with Crippen molar-refractivity contribution >= 4 is 5.97 Å². The molecule has 92 valence electrons. The molecule has 0 spiro atoms. The van der Waals surface area contributed by atoms with E-state index in [2.05, 4.69) is 30.9 Å². The van der Waals surface area contributed by atoms with E-state index in [4.69, 9.17) is 4.74 Å². The molecule has 0 saturated carbocycles. The molecule has 1 aliphatic heterocycles. The first-order valence-corrected chi connectivity index (χ1v) is 6.24. The summed E-state index contributed by atoms with van der Waals surface area (Å²) in [5.41, 5.74) is 0. The number of carbonyl (C=O) groups is 1. The van der Waals surface area contributed by atoms with Crippen LogP contribution in [0.2, 0.25) is 0 Å². The summed E-state index contributed by atoms with van der Waals surface area (Å²) >= 11 is 0. The Bertz CT molecular complexity index is 250. The van der Waals surface area contributed by atoms with E-state index >= 15 is 0 Å². The summed E-state index contributed by atoms with van der Waals surface area (Å²) in [6.07, 6.45) is 8.53. The van der Waals surface area contributed by atoms with Crippen LogP contribution < -0.4 is 0 Å². The van der Waals surface area contributed by atoms with Gasteiger partial charge >= 0.3 is 5.97 Å². The van der Waals surface area contributed by atoms with Crippen molar-refractivity contribution in [2.75, 3.05) is 13.7 Å². The molecule has 1 aliphatic rings. The van der Waals surface area contributed by atoms with Crippen molar-refractivity contribution < 1.29 is 9.53 Å². The van der Waals surface area contributed by atoms with Crippen molar-refractivity contribution in [1.29, 1.82) is 0 Å². The monoisotopic (exact) mass is 225 g/mol. The quantitative estimate of drug-likeness (QED) is 0.531. The number of likely N-dealkylation sites (tertiary alicyclic amines) is 1. The molecule has 0 unspecified atom stereocenters. The zero-order valence-corrected chi connectivity index (χ0v) is 10.6. The number of hydrogen-bond donors (Lipinski definition) is 0. The summed E-state index contributed by atoms with van der Waals surface area (Å²) in [6.45, 7) is 5.30. The van der Waals surface area contributed by atoms with Crippen molar-refractivity contribution in [2.45, 2.75) is 51.6 Å². The van der Waals surface area contributed by atoms with E-state index in [-0.39, 0.29) is 12.0 Å². The van der Waals surface area contributed by atoms with Gasteiger partial charge in [-0.15, -0.1) is 0 Å². The summed E-state index contributed by atoms with van der Waals surface area (Å²) < 4.78 is 4.86. The fraction of sp³-hybridized carbons (Fsp3) is 0.769. The SMILES string of the molecule is CC/C=C/[C@H](CC)N1CCC[C@H]1C(=O)OC. The van der Waals surface area contributed by atoms with Crippen LogP contribution in [0.3, 0.4) is 0 Å². The Kier molecular flexibility index (Phi) is 5.53. The van der Waals surface area contributed by atoms with Gasteiger partial charge in [0.05, 0.1) is 7.11 Å². The molecule has 1 heterocycles. The molecule has 3 nitrogen and oxygen atoms in total.